The minimum atomic E-state index is -0.440. The van der Waals surface area contributed by atoms with Gasteiger partial charge >= 0.3 is 0 Å². The highest BCUT2D eigenvalue weighted by Crippen LogP contribution is 2.11. The topological polar surface area (TPSA) is 103 Å². The van der Waals surface area contributed by atoms with Crippen molar-refractivity contribution in [2.45, 2.75) is 13.3 Å². The van der Waals surface area contributed by atoms with Gasteiger partial charge in [0, 0.05) is 23.3 Å². The van der Waals surface area contributed by atoms with Gasteiger partial charge < -0.3 is 10.3 Å². The van der Waals surface area contributed by atoms with Crippen LogP contribution in [-0.4, -0.2) is 22.7 Å². The average Bonchev–Trinajstić information content (AvgIpc) is 2.93. The molecule has 4 N–H and O–H groups in total. The van der Waals surface area contributed by atoms with Gasteiger partial charge in [0.1, 0.15) is 5.69 Å². The van der Waals surface area contributed by atoms with Gasteiger partial charge in [-0.05, 0) is 39.7 Å². The lowest BCUT2D eigenvalue weighted by molar-refractivity contribution is -0.121. The Bertz CT molecular complexity index is 725. The van der Waals surface area contributed by atoms with Crippen LogP contribution in [0.4, 0.5) is 5.69 Å². The summed E-state index contributed by atoms with van der Waals surface area (Å²) in [7, 11) is 0. The molecule has 0 unspecified atom stereocenters. The molecule has 0 atom stereocenters. The summed E-state index contributed by atoms with van der Waals surface area (Å²) in [6.45, 7) is 1.42. The van der Waals surface area contributed by atoms with E-state index in [0.717, 1.165) is 10.0 Å². The number of halogens is 1. The van der Waals surface area contributed by atoms with Crippen molar-refractivity contribution in [3.63, 3.8) is 0 Å². The van der Waals surface area contributed by atoms with Crippen LogP contribution in [0, 0.1) is 0 Å². The summed E-state index contributed by atoms with van der Waals surface area (Å²) in [6, 6.07) is 8.48. The summed E-state index contributed by atoms with van der Waals surface area (Å²) in [4.78, 5) is 37.2. The lowest BCUT2D eigenvalue weighted by atomic mass is 10.1. The summed E-state index contributed by atoms with van der Waals surface area (Å²) < 4.78 is 0.744. The van der Waals surface area contributed by atoms with Gasteiger partial charge in [0.25, 0.3) is 5.91 Å². The van der Waals surface area contributed by atoms with Crippen molar-refractivity contribution < 1.29 is 14.4 Å². The van der Waals surface area contributed by atoms with Gasteiger partial charge in [-0.15, -0.1) is 0 Å². The predicted molar refractivity (Wildman–Crippen MR) is 88.6 cm³/mol. The molecule has 0 spiro atoms. The number of hydrogen-bond donors (Lipinski definition) is 4. The highest BCUT2D eigenvalue weighted by Gasteiger charge is 2.09. The third-order valence-electron chi connectivity index (χ3n) is 2.85. The molecule has 0 saturated carbocycles. The Morgan fingerprint density at radius 3 is 2.39 bits per heavy atom. The molecule has 8 heteroatoms. The second kappa shape index (κ2) is 7.59. The second-order valence-corrected chi connectivity index (χ2v) is 5.70. The van der Waals surface area contributed by atoms with E-state index in [0.29, 0.717) is 11.4 Å². The number of aromatic nitrogens is 1. The van der Waals surface area contributed by atoms with Crippen molar-refractivity contribution in [1.82, 2.24) is 15.8 Å². The third kappa shape index (κ3) is 5.26. The van der Waals surface area contributed by atoms with E-state index in [9.17, 15) is 14.4 Å². The number of amides is 3. The average molecular weight is 379 g/mol. The Morgan fingerprint density at radius 1 is 1.13 bits per heavy atom. The van der Waals surface area contributed by atoms with Gasteiger partial charge in [-0.2, -0.15) is 0 Å². The molecule has 120 valence electrons. The van der Waals surface area contributed by atoms with E-state index in [1.807, 2.05) is 0 Å². The summed E-state index contributed by atoms with van der Waals surface area (Å²) in [5.41, 5.74) is 6.41. The third-order valence-corrected chi connectivity index (χ3v) is 3.30. The molecular formula is C15H15BrN4O3. The molecule has 0 aliphatic carbocycles. The van der Waals surface area contributed by atoms with Crippen LogP contribution < -0.4 is 16.2 Å². The van der Waals surface area contributed by atoms with E-state index < -0.39 is 5.91 Å². The summed E-state index contributed by atoms with van der Waals surface area (Å²) in [6.07, 6.45) is 1.72. The van der Waals surface area contributed by atoms with Crippen molar-refractivity contribution in [1.29, 1.82) is 0 Å². The van der Waals surface area contributed by atoms with E-state index in [-0.39, 0.29) is 18.2 Å². The van der Waals surface area contributed by atoms with Crippen LogP contribution in [0.2, 0.25) is 0 Å². The van der Waals surface area contributed by atoms with Gasteiger partial charge in [0.15, 0.2) is 0 Å². The molecule has 7 nitrogen and oxygen atoms in total. The van der Waals surface area contributed by atoms with Crippen molar-refractivity contribution in [3.05, 3.63) is 52.3 Å². The smallest absolute Gasteiger partial charge is 0.286 e. The first-order valence-corrected chi connectivity index (χ1v) is 7.53. The normalized spacial score (nSPS) is 10.0. The fourth-order valence-electron chi connectivity index (χ4n) is 1.83. The minimum Gasteiger partial charge on any atom is -0.356 e. The highest BCUT2D eigenvalue weighted by molar-refractivity contribution is 9.10. The number of nitrogens with one attached hydrogen (secondary N) is 4. The minimum absolute atomic E-state index is 0.106. The van der Waals surface area contributed by atoms with E-state index in [4.69, 9.17) is 0 Å². The zero-order valence-electron chi connectivity index (χ0n) is 12.3. The number of carbonyl (C=O) groups is 3. The molecule has 0 radical (unpaired) electrons. The van der Waals surface area contributed by atoms with Crippen LogP contribution in [0.25, 0.3) is 0 Å². The molecule has 0 aliphatic heterocycles. The number of benzene rings is 1. The SMILES string of the molecule is CC(=O)Nc1ccc(CC(=O)NNC(=O)c2cc(Br)c[nH]2)cc1. The maximum Gasteiger partial charge on any atom is 0.286 e. The van der Waals surface area contributed by atoms with Crippen LogP contribution >= 0.6 is 15.9 Å². The summed E-state index contributed by atoms with van der Waals surface area (Å²) in [5, 5.41) is 2.64. The van der Waals surface area contributed by atoms with Crippen molar-refractivity contribution in [3.8, 4) is 0 Å². The first-order valence-electron chi connectivity index (χ1n) is 6.73. The van der Waals surface area contributed by atoms with Gasteiger partial charge in [0.05, 0.1) is 6.42 Å². The lowest BCUT2D eigenvalue weighted by Crippen LogP contribution is -2.42. The van der Waals surface area contributed by atoms with Crippen LogP contribution in [0.3, 0.4) is 0 Å². The lowest BCUT2D eigenvalue weighted by Gasteiger charge is -2.07. The Hall–Kier alpha value is -2.61. The number of anilines is 1. The Labute approximate surface area is 140 Å². The first kappa shape index (κ1) is 16.8. The van der Waals surface area contributed by atoms with Gasteiger partial charge in [-0.3, -0.25) is 25.2 Å². The fourth-order valence-corrected chi connectivity index (χ4v) is 2.17. The maximum absolute atomic E-state index is 11.8. The predicted octanol–water partition coefficient (Wildman–Crippen LogP) is 1.74. The molecule has 2 aromatic rings. The summed E-state index contributed by atoms with van der Waals surface area (Å²) >= 11 is 3.22. The number of hydrogen-bond acceptors (Lipinski definition) is 3. The molecule has 1 heterocycles. The zero-order valence-corrected chi connectivity index (χ0v) is 13.9. The molecular weight excluding hydrogens is 364 g/mol. The maximum atomic E-state index is 11.8. The molecule has 1 aromatic carbocycles. The highest BCUT2D eigenvalue weighted by atomic mass is 79.9. The molecule has 0 saturated heterocycles. The monoisotopic (exact) mass is 378 g/mol. The quantitative estimate of drug-likeness (QED) is 0.609. The van der Waals surface area contributed by atoms with Crippen LogP contribution in [0.15, 0.2) is 41.0 Å². The molecule has 1 aromatic heterocycles. The van der Waals surface area contributed by atoms with E-state index in [2.05, 4.69) is 37.1 Å². The number of hydrazine groups is 1. The zero-order chi connectivity index (χ0) is 16.8. The van der Waals surface area contributed by atoms with E-state index in [1.165, 1.54) is 6.92 Å². The van der Waals surface area contributed by atoms with Crippen LogP contribution in [0.1, 0.15) is 23.0 Å². The fraction of sp³-hybridized carbons (Fsp3) is 0.133. The molecule has 0 bridgehead atoms. The van der Waals surface area contributed by atoms with Crippen molar-refractivity contribution >= 4 is 39.3 Å². The molecule has 0 fully saturated rings. The Morgan fingerprint density at radius 2 is 1.83 bits per heavy atom. The van der Waals surface area contributed by atoms with Gasteiger partial charge in [-0.25, -0.2) is 0 Å². The number of carbonyl (C=O) groups excluding carboxylic acids is 3. The number of rotatable bonds is 4. The Balaban J connectivity index is 1.82. The summed E-state index contributed by atoms with van der Waals surface area (Å²) in [5.74, 6) is -0.949. The number of aromatic amines is 1. The van der Waals surface area contributed by atoms with E-state index >= 15 is 0 Å². The van der Waals surface area contributed by atoms with Crippen LogP contribution in [-0.2, 0) is 16.0 Å². The standard InChI is InChI=1S/C15H15BrN4O3/c1-9(21)18-12-4-2-10(3-5-12)6-14(22)19-20-15(23)13-7-11(16)8-17-13/h2-5,7-8,17H,6H2,1H3,(H,18,21)(H,19,22)(H,20,23). The van der Waals surface area contributed by atoms with E-state index in [1.54, 1.807) is 36.5 Å². The van der Waals surface area contributed by atoms with Gasteiger partial charge in [0.2, 0.25) is 11.8 Å². The van der Waals surface area contributed by atoms with Crippen molar-refractivity contribution in [2.24, 2.45) is 0 Å². The van der Waals surface area contributed by atoms with Crippen LogP contribution in [0.5, 0.6) is 0 Å². The van der Waals surface area contributed by atoms with Gasteiger partial charge in [-0.1, -0.05) is 12.1 Å². The molecule has 2 rings (SSSR count). The molecule has 3 amide bonds. The first-order chi connectivity index (χ1) is 10.9. The largest absolute Gasteiger partial charge is 0.356 e. The molecule has 0 aliphatic rings. The number of H-pyrrole nitrogens is 1. The van der Waals surface area contributed by atoms with Crippen molar-refractivity contribution in [2.75, 3.05) is 5.32 Å². The Kier molecular flexibility index (Phi) is 5.53. The second-order valence-electron chi connectivity index (χ2n) is 4.79. The molecule has 23 heavy (non-hydrogen) atoms.